The number of hydrogen-bond acceptors (Lipinski definition) is 2. The Morgan fingerprint density at radius 3 is 2.29 bits per heavy atom. The number of thiocarbonyl (C=S) groups is 1. The highest BCUT2D eigenvalue weighted by Gasteiger charge is 2.10. The highest BCUT2D eigenvalue weighted by atomic mass is 127. The summed E-state index contributed by atoms with van der Waals surface area (Å²) in [4.78, 5) is 0.175. The summed E-state index contributed by atoms with van der Waals surface area (Å²) in [5, 5.41) is 0. The highest BCUT2D eigenvalue weighted by Crippen LogP contribution is 2.30. The Morgan fingerprint density at radius 2 is 1.71 bits per heavy atom. The predicted molar refractivity (Wildman–Crippen MR) is 111 cm³/mol. The minimum Gasteiger partial charge on any atom is -0.487 e. The fraction of sp³-hybridized carbons (Fsp3) is 0.0714. The second-order valence-electron chi connectivity index (χ2n) is 4.20. The lowest BCUT2D eigenvalue weighted by Crippen LogP contribution is -2.11. The Balaban J connectivity index is 2.23. The van der Waals surface area contributed by atoms with Gasteiger partial charge in [0, 0.05) is 9.13 Å². The van der Waals surface area contributed by atoms with Gasteiger partial charge in [0.2, 0.25) is 0 Å². The van der Waals surface area contributed by atoms with Gasteiger partial charge < -0.3 is 10.5 Å². The largest absolute Gasteiger partial charge is 0.487 e. The van der Waals surface area contributed by atoms with Gasteiger partial charge in [-0.2, -0.15) is 0 Å². The molecule has 2 nitrogen and oxygen atoms in total. The Morgan fingerprint density at radius 1 is 1.10 bits per heavy atom. The minimum absolute atomic E-state index is 0.175. The molecule has 110 valence electrons. The molecule has 0 amide bonds. The van der Waals surface area contributed by atoms with Crippen LogP contribution in [0.2, 0.25) is 0 Å². The number of ether oxygens (including phenoxy) is 1. The molecule has 0 spiro atoms. The molecule has 0 unspecified atom stereocenters. The van der Waals surface area contributed by atoms with Crippen LogP contribution < -0.4 is 10.5 Å². The topological polar surface area (TPSA) is 35.2 Å². The molecule has 2 aromatic carbocycles. The van der Waals surface area contributed by atoms with E-state index in [-0.39, 0.29) is 17.4 Å². The Hall–Kier alpha value is 0.250. The van der Waals surface area contributed by atoms with Gasteiger partial charge in [0.05, 0.1) is 7.14 Å². The van der Waals surface area contributed by atoms with Crippen molar-refractivity contribution in [2.75, 3.05) is 0 Å². The van der Waals surface area contributed by atoms with Crippen LogP contribution in [0.15, 0.2) is 30.3 Å². The van der Waals surface area contributed by atoms with Crippen LogP contribution in [0.25, 0.3) is 0 Å². The van der Waals surface area contributed by atoms with Crippen LogP contribution in [-0.2, 0) is 6.61 Å². The smallest absolute Gasteiger partial charge is 0.146 e. The molecule has 0 saturated heterocycles. The van der Waals surface area contributed by atoms with Gasteiger partial charge >= 0.3 is 0 Å². The molecule has 0 aliphatic heterocycles. The van der Waals surface area contributed by atoms with E-state index >= 15 is 0 Å². The summed E-state index contributed by atoms with van der Waals surface area (Å²) in [6.45, 7) is 0.264. The number of rotatable bonds is 4. The third-order valence-electron chi connectivity index (χ3n) is 2.59. The molecule has 2 rings (SSSR count). The van der Waals surface area contributed by atoms with Crippen molar-refractivity contribution >= 4 is 85.0 Å². The summed E-state index contributed by atoms with van der Waals surface area (Å²) in [5.41, 5.74) is 6.75. The summed E-state index contributed by atoms with van der Waals surface area (Å²) in [5.74, 6) is 0.434. The molecule has 0 atom stereocenters. The molecule has 0 aromatic heterocycles. The number of benzene rings is 2. The van der Waals surface area contributed by atoms with Gasteiger partial charge in [-0.3, -0.25) is 0 Å². The van der Waals surface area contributed by atoms with Crippen molar-refractivity contribution in [3.05, 3.63) is 58.0 Å². The fourth-order valence-electron chi connectivity index (χ4n) is 1.70. The van der Waals surface area contributed by atoms with Crippen molar-refractivity contribution in [2.24, 2.45) is 5.73 Å². The number of nitrogens with two attached hydrogens (primary N) is 1. The first-order valence-corrected chi connectivity index (χ1v) is 9.38. The molecule has 2 aromatic rings. The van der Waals surface area contributed by atoms with E-state index in [1.165, 1.54) is 12.1 Å². The van der Waals surface area contributed by atoms with Crippen LogP contribution in [0, 0.1) is 16.5 Å². The SMILES string of the molecule is NC(=S)c1cc(F)cc(COc2c(I)cc(I)cc2I)c1. The van der Waals surface area contributed by atoms with Gasteiger partial charge in [-0.25, -0.2) is 4.39 Å². The van der Waals surface area contributed by atoms with Crippen LogP contribution >= 0.6 is 80.0 Å². The van der Waals surface area contributed by atoms with Crippen LogP contribution in [0.1, 0.15) is 11.1 Å². The van der Waals surface area contributed by atoms with Crippen molar-refractivity contribution in [1.82, 2.24) is 0 Å². The summed E-state index contributed by atoms with van der Waals surface area (Å²) in [6, 6.07) is 8.56. The predicted octanol–water partition coefficient (Wildman–Crippen LogP) is 4.85. The monoisotopic (exact) mass is 639 g/mol. The van der Waals surface area contributed by atoms with E-state index < -0.39 is 0 Å². The Kier molecular flexibility index (Phi) is 6.44. The molecule has 0 saturated carbocycles. The average Bonchev–Trinajstić information content (AvgIpc) is 2.36. The van der Waals surface area contributed by atoms with Crippen molar-refractivity contribution in [2.45, 2.75) is 6.61 Å². The molecule has 0 aliphatic rings. The number of halogens is 4. The summed E-state index contributed by atoms with van der Waals surface area (Å²) in [7, 11) is 0. The van der Waals surface area contributed by atoms with Crippen LogP contribution in [0.4, 0.5) is 4.39 Å². The molecular formula is C14H9FI3NOS. The van der Waals surface area contributed by atoms with Crippen molar-refractivity contribution < 1.29 is 9.13 Å². The summed E-state index contributed by atoms with van der Waals surface area (Å²) in [6.07, 6.45) is 0. The normalized spacial score (nSPS) is 10.5. The zero-order chi connectivity index (χ0) is 15.6. The second kappa shape index (κ2) is 7.68. The van der Waals surface area contributed by atoms with Crippen LogP contribution in [0.3, 0.4) is 0 Å². The fourth-order valence-corrected chi connectivity index (χ4v) is 5.71. The molecule has 0 aliphatic carbocycles. The zero-order valence-corrected chi connectivity index (χ0v) is 17.8. The molecule has 2 N–H and O–H groups in total. The van der Waals surface area contributed by atoms with Gasteiger partial charge in [-0.15, -0.1) is 0 Å². The third-order valence-corrected chi connectivity index (χ3v) is 5.05. The van der Waals surface area contributed by atoms with Gasteiger partial charge in [-0.05, 0) is 104 Å². The van der Waals surface area contributed by atoms with Crippen LogP contribution in [0.5, 0.6) is 5.75 Å². The molecule has 0 bridgehead atoms. The molecule has 7 heteroatoms. The van der Waals surface area contributed by atoms with E-state index in [2.05, 4.69) is 67.8 Å². The maximum atomic E-state index is 13.6. The van der Waals surface area contributed by atoms with E-state index in [1.807, 2.05) is 12.1 Å². The maximum absolute atomic E-state index is 13.6. The highest BCUT2D eigenvalue weighted by molar-refractivity contribution is 14.1. The van der Waals surface area contributed by atoms with E-state index in [1.54, 1.807) is 6.07 Å². The van der Waals surface area contributed by atoms with Crippen molar-refractivity contribution in [1.29, 1.82) is 0 Å². The average molecular weight is 639 g/mol. The van der Waals surface area contributed by atoms with Crippen LogP contribution in [-0.4, -0.2) is 4.99 Å². The lowest BCUT2D eigenvalue weighted by molar-refractivity contribution is 0.301. The summed E-state index contributed by atoms with van der Waals surface area (Å²) < 4.78 is 22.6. The van der Waals surface area contributed by atoms with Gasteiger partial charge in [0.25, 0.3) is 0 Å². The molecule has 21 heavy (non-hydrogen) atoms. The first-order valence-electron chi connectivity index (χ1n) is 5.73. The molecule has 0 radical (unpaired) electrons. The third kappa shape index (κ3) is 4.86. The molecular weight excluding hydrogens is 630 g/mol. The van der Waals surface area contributed by atoms with E-state index in [0.29, 0.717) is 11.1 Å². The molecule has 0 fully saturated rings. The van der Waals surface area contributed by atoms with Gasteiger partial charge in [0.1, 0.15) is 23.2 Å². The zero-order valence-electron chi connectivity index (χ0n) is 10.5. The van der Waals surface area contributed by atoms with E-state index in [4.69, 9.17) is 22.7 Å². The lowest BCUT2D eigenvalue weighted by atomic mass is 10.1. The second-order valence-corrected chi connectivity index (χ2v) is 8.21. The minimum atomic E-state index is -0.370. The lowest BCUT2D eigenvalue weighted by Gasteiger charge is -2.12. The first-order chi connectivity index (χ1) is 9.86. The first kappa shape index (κ1) is 17.6. The Bertz CT molecular complexity index is 686. The summed E-state index contributed by atoms with van der Waals surface area (Å²) >= 11 is 11.6. The molecule has 0 heterocycles. The van der Waals surface area contributed by atoms with Gasteiger partial charge in [0.15, 0.2) is 0 Å². The standard InChI is InChI=1S/C14H9FI3NOS/c15-9-2-7(1-8(3-9)14(19)21)6-20-13-11(17)4-10(16)5-12(13)18/h1-5H,6H2,(H2,19,21). The van der Waals surface area contributed by atoms with Gasteiger partial charge in [-0.1, -0.05) is 12.2 Å². The Labute approximate surface area is 168 Å². The van der Waals surface area contributed by atoms with E-state index in [0.717, 1.165) is 16.5 Å². The number of hydrogen-bond donors (Lipinski definition) is 1. The quantitative estimate of drug-likeness (QED) is 0.384. The van der Waals surface area contributed by atoms with Crippen molar-refractivity contribution in [3.63, 3.8) is 0 Å². The van der Waals surface area contributed by atoms with Crippen molar-refractivity contribution in [3.8, 4) is 5.75 Å². The maximum Gasteiger partial charge on any atom is 0.146 e. The van der Waals surface area contributed by atoms with E-state index in [9.17, 15) is 4.39 Å².